The summed E-state index contributed by atoms with van der Waals surface area (Å²) in [6.07, 6.45) is 6.67. The maximum atomic E-state index is 12.8. The van der Waals surface area contributed by atoms with Crippen LogP contribution in [-0.4, -0.2) is 17.3 Å². The molecule has 0 N–H and O–H groups in total. The van der Waals surface area contributed by atoms with E-state index in [0.717, 1.165) is 18.4 Å². The highest BCUT2D eigenvalue weighted by atomic mass is 32.2. The summed E-state index contributed by atoms with van der Waals surface area (Å²) in [5.41, 5.74) is 2.41. The molecule has 0 radical (unpaired) electrons. The molecule has 3 nitrogen and oxygen atoms in total. The summed E-state index contributed by atoms with van der Waals surface area (Å²) in [4.78, 5) is 13.0. The fraction of sp³-hybridized carbons (Fsp3) is 0.476. The number of carbonyl (C=O) groups is 1. The van der Waals surface area contributed by atoms with Crippen molar-refractivity contribution in [3.8, 4) is 0 Å². The van der Waals surface area contributed by atoms with E-state index in [1.165, 1.54) is 12.7 Å². The van der Waals surface area contributed by atoms with Gasteiger partial charge in [0.2, 0.25) is 0 Å². The van der Waals surface area contributed by atoms with Crippen molar-refractivity contribution in [3.05, 3.63) is 52.5 Å². The molecule has 1 aromatic rings. The van der Waals surface area contributed by atoms with Crippen molar-refractivity contribution in [3.63, 3.8) is 0 Å². The van der Waals surface area contributed by atoms with Gasteiger partial charge in [0, 0.05) is 4.90 Å². The van der Waals surface area contributed by atoms with Crippen molar-refractivity contribution in [2.45, 2.75) is 58.8 Å². The number of esters is 1. The Kier molecular flexibility index (Phi) is 8.30. The minimum Gasteiger partial charge on any atom is -0.465 e. The third-order valence-electron chi connectivity index (χ3n) is 4.04. The molecule has 25 heavy (non-hydrogen) atoms. The topological polar surface area (TPSA) is 43.4 Å². The maximum absolute atomic E-state index is 12.8. The third-order valence-corrected chi connectivity index (χ3v) is 5.47. The van der Waals surface area contributed by atoms with E-state index in [2.05, 4.69) is 33.8 Å². The van der Waals surface area contributed by atoms with E-state index in [-0.39, 0.29) is 10.3 Å². The molecule has 0 aliphatic heterocycles. The lowest BCUT2D eigenvalue weighted by Gasteiger charge is -2.22. The van der Waals surface area contributed by atoms with Gasteiger partial charge < -0.3 is 4.74 Å². The van der Waals surface area contributed by atoms with Crippen LogP contribution in [0.1, 0.15) is 52.5 Å². The highest BCUT2D eigenvalue weighted by molar-refractivity contribution is 7.90. The minimum absolute atomic E-state index is 0.0166. The van der Waals surface area contributed by atoms with Crippen LogP contribution in [0.15, 0.2) is 51.8 Å². The number of methoxy groups -OCH3 is 1. The smallest absolute Gasteiger partial charge is 0.346 e. The average molecular weight is 363 g/mol. The van der Waals surface area contributed by atoms with Crippen LogP contribution in [0.2, 0.25) is 0 Å². The Balaban J connectivity index is 2.96. The molecule has 1 aromatic carbocycles. The second kappa shape index (κ2) is 9.71. The van der Waals surface area contributed by atoms with E-state index in [1.54, 1.807) is 18.2 Å². The summed E-state index contributed by atoms with van der Waals surface area (Å²) in [6.45, 7) is 10.5. The van der Waals surface area contributed by atoms with Crippen molar-refractivity contribution in [2.75, 3.05) is 7.11 Å². The van der Waals surface area contributed by atoms with Gasteiger partial charge >= 0.3 is 5.97 Å². The van der Waals surface area contributed by atoms with Crippen molar-refractivity contribution < 1.29 is 13.7 Å². The minimum atomic E-state index is -1.53. The Hall–Kier alpha value is -1.68. The number of ether oxygens (including phenoxy) is 1. The molecule has 138 valence electrons. The average Bonchev–Trinajstić information content (AvgIpc) is 2.54. The molecule has 0 fully saturated rings. The van der Waals surface area contributed by atoms with E-state index < -0.39 is 16.8 Å². The molecule has 4 heteroatoms. The van der Waals surface area contributed by atoms with Gasteiger partial charge in [0.1, 0.15) is 4.91 Å². The standard InChI is InChI=1S/C21H30O3S/c1-16(2)8-7-14-21(4,5)15-13-19(20(22)24-6)25(23)18-11-9-17(3)10-12-18/h8-13H,7,14-15H2,1-6H3/b19-13+/t25-/m1/s1. The monoisotopic (exact) mass is 362 g/mol. The highest BCUT2D eigenvalue weighted by Gasteiger charge is 2.22. The summed E-state index contributed by atoms with van der Waals surface area (Å²) in [5, 5.41) is 0. The zero-order valence-corrected chi connectivity index (χ0v) is 17.0. The van der Waals surface area contributed by atoms with Crippen LogP contribution in [0.5, 0.6) is 0 Å². The molecule has 0 saturated carbocycles. The first-order valence-electron chi connectivity index (χ1n) is 8.56. The Labute approximate surface area is 154 Å². The lowest BCUT2D eigenvalue weighted by molar-refractivity contribution is -0.135. The lowest BCUT2D eigenvalue weighted by atomic mass is 9.84. The third kappa shape index (κ3) is 7.39. The largest absolute Gasteiger partial charge is 0.465 e. The molecule has 0 amide bonds. The number of rotatable bonds is 8. The summed E-state index contributed by atoms with van der Waals surface area (Å²) in [5.74, 6) is -0.529. The van der Waals surface area contributed by atoms with Crippen LogP contribution in [0, 0.1) is 12.3 Å². The van der Waals surface area contributed by atoms with E-state index in [4.69, 9.17) is 4.74 Å². The van der Waals surface area contributed by atoms with E-state index in [0.29, 0.717) is 11.3 Å². The van der Waals surface area contributed by atoms with E-state index in [9.17, 15) is 9.00 Å². The second-order valence-corrected chi connectivity index (χ2v) is 8.78. The van der Waals surface area contributed by atoms with Crippen molar-refractivity contribution in [1.29, 1.82) is 0 Å². The fourth-order valence-electron chi connectivity index (χ4n) is 2.35. The maximum Gasteiger partial charge on any atom is 0.346 e. The molecule has 1 rings (SSSR count). The number of hydrogen-bond acceptors (Lipinski definition) is 3. The van der Waals surface area contributed by atoms with Crippen molar-refractivity contribution in [2.24, 2.45) is 5.41 Å². The molecular formula is C21H30O3S. The van der Waals surface area contributed by atoms with E-state index >= 15 is 0 Å². The molecule has 1 atom stereocenters. The Morgan fingerprint density at radius 1 is 1.16 bits per heavy atom. The van der Waals surface area contributed by atoms with Gasteiger partial charge in [0.25, 0.3) is 0 Å². The predicted octanol–water partition coefficient (Wildman–Crippen LogP) is 5.32. The molecular weight excluding hydrogens is 332 g/mol. The zero-order valence-electron chi connectivity index (χ0n) is 16.2. The second-order valence-electron chi connectivity index (χ2n) is 7.33. The number of hydrogen-bond donors (Lipinski definition) is 0. The summed E-state index contributed by atoms with van der Waals surface area (Å²) < 4.78 is 17.7. The van der Waals surface area contributed by atoms with Gasteiger partial charge in [0.15, 0.2) is 0 Å². The van der Waals surface area contributed by atoms with E-state index in [1.807, 2.05) is 19.1 Å². The summed E-state index contributed by atoms with van der Waals surface area (Å²) >= 11 is 0. The first-order chi connectivity index (χ1) is 11.7. The molecule has 0 saturated heterocycles. The van der Waals surface area contributed by atoms with Crippen LogP contribution in [-0.2, 0) is 20.3 Å². The van der Waals surface area contributed by atoms with Crippen LogP contribution >= 0.6 is 0 Å². The van der Waals surface area contributed by atoms with Crippen LogP contribution in [0.4, 0.5) is 0 Å². The molecule has 0 aliphatic carbocycles. The predicted molar refractivity (Wildman–Crippen MR) is 105 cm³/mol. The molecule has 0 bridgehead atoms. The van der Waals surface area contributed by atoms with Gasteiger partial charge in [0.05, 0.1) is 17.9 Å². The highest BCUT2D eigenvalue weighted by Crippen LogP contribution is 2.29. The summed E-state index contributed by atoms with van der Waals surface area (Å²) in [6, 6.07) is 7.38. The van der Waals surface area contributed by atoms with Crippen molar-refractivity contribution in [1.82, 2.24) is 0 Å². The van der Waals surface area contributed by atoms with Crippen LogP contribution in [0.25, 0.3) is 0 Å². The van der Waals surface area contributed by atoms with Gasteiger partial charge in [-0.2, -0.15) is 0 Å². The number of carbonyl (C=O) groups excluding carboxylic acids is 1. The Morgan fingerprint density at radius 2 is 1.76 bits per heavy atom. The van der Waals surface area contributed by atoms with Gasteiger partial charge in [-0.15, -0.1) is 0 Å². The van der Waals surface area contributed by atoms with Crippen LogP contribution in [0.3, 0.4) is 0 Å². The molecule has 0 unspecified atom stereocenters. The normalized spacial score (nSPS) is 13.3. The number of aryl methyl sites for hydroxylation is 1. The SMILES string of the molecule is COC(=O)/C(=C\CC(C)(C)CCC=C(C)C)[S@](=O)c1ccc(C)cc1. The quantitative estimate of drug-likeness (QED) is 0.357. The van der Waals surface area contributed by atoms with Gasteiger partial charge in [-0.05, 0) is 57.6 Å². The first kappa shape index (κ1) is 21.4. The lowest BCUT2D eigenvalue weighted by Crippen LogP contribution is -2.14. The van der Waals surface area contributed by atoms with Gasteiger partial charge in [-0.25, -0.2) is 9.00 Å². The summed E-state index contributed by atoms with van der Waals surface area (Å²) in [7, 11) is -0.211. The molecule has 0 aromatic heterocycles. The Bertz CT molecular complexity index is 663. The number of benzene rings is 1. The molecule has 0 aliphatic rings. The van der Waals surface area contributed by atoms with Gasteiger partial charge in [-0.1, -0.05) is 49.3 Å². The fourth-order valence-corrected chi connectivity index (χ4v) is 3.45. The zero-order chi connectivity index (χ0) is 19.0. The molecule has 0 heterocycles. The van der Waals surface area contributed by atoms with Crippen LogP contribution < -0.4 is 0 Å². The first-order valence-corrected chi connectivity index (χ1v) is 9.71. The van der Waals surface area contributed by atoms with Crippen molar-refractivity contribution >= 4 is 16.8 Å². The Morgan fingerprint density at radius 3 is 2.28 bits per heavy atom. The van der Waals surface area contributed by atoms with Gasteiger partial charge in [-0.3, -0.25) is 0 Å². The number of allylic oxidation sites excluding steroid dienone is 3. The molecule has 0 spiro atoms.